The van der Waals surface area contributed by atoms with Gasteiger partial charge in [0, 0.05) is 18.7 Å². The van der Waals surface area contributed by atoms with Crippen LogP contribution in [0, 0.1) is 0 Å². The Labute approximate surface area is 143 Å². The van der Waals surface area contributed by atoms with Crippen molar-refractivity contribution in [3.63, 3.8) is 0 Å². The summed E-state index contributed by atoms with van der Waals surface area (Å²) in [5, 5.41) is 2.58. The second-order valence-corrected chi connectivity index (χ2v) is 6.25. The Bertz CT molecular complexity index is 770. The van der Waals surface area contributed by atoms with E-state index in [0.717, 1.165) is 42.7 Å². The number of nitrogens with zero attached hydrogens (tertiary/aromatic N) is 2. The highest BCUT2D eigenvalue weighted by atomic mass is 19.4. The fourth-order valence-electron chi connectivity index (χ4n) is 2.97. The molecule has 2 heterocycles. The maximum absolute atomic E-state index is 12.2. The first-order valence-electron chi connectivity index (χ1n) is 8.32. The van der Waals surface area contributed by atoms with Crippen molar-refractivity contribution in [2.75, 3.05) is 11.9 Å². The highest BCUT2D eigenvalue weighted by molar-refractivity contribution is 5.95. The Hall–Kier alpha value is -2.09. The SMILES string of the molecule is C[C@H](OCC(F)(F)F)C(=O)Nc1ccc2c(c1)nc1n2CCCCC1. The predicted molar refractivity (Wildman–Crippen MR) is 87.4 cm³/mol. The molecular weight excluding hydrogens is 335 g/mol. The maximum atomic E-state index is 12.2. The number of nitrogens with one attached hydrogen (secondary N) is 1. The van der Waals surface area contributed by atoms with Crippen molar-refractivity contribution in [3.05, 3.63) is 24.0 Å². The fraction of sp³-hybridized carbons (Fsp3) is 0.529. The molecule has 0 aliphatic carbocycles. The van der Waals surface area contributed by atoms with Crippen LogP contribution in [0.1, 0.15) is 32.0 Å². The average Bonchev–Trinajstić information content (AvgIpc) is 2.72. The molecule has 1 N–H and O–H groups in total. The van der Waals surface area contributed by atoms with Crippen LogP contribution in [-0.2, 0) is 22.5 Å². The molecule has 1 aliphatic heterocycles. The van der Waals surface area contributed by atoms with Crippen LogP contribution in [0.2, 0.25) is 0 Å². The molecule has 0 radical (unpaired) electrons. The Morgan fingerprint density at radius 2 is 2.16 bits per heavy atom. The Morgan fingerprint density at radius 1 is 1.36 bits per heavy atom. The van der Waals surface area contributed by atoms with Crippen molar-refractivity contribution in [1.29, 1.82) is 0 Å². The van der Waals surface area contributed by atoms with E-state index < -0.39 is 24.8 Å². The van der Waals surface area contributed by atoms with Gasteiger partial charge in [0.15, 0.2) is 0 Å². The largest absolute Gasteiger partial charge is 0.411 e. The summed E-state index contributed by atoms with van der Waals surface area (Å²) < 4.78 is 43.2. The smallest absolute Gasteiger partial charge is 0.359 e. The number of alkyl halides is 3. The third kappa shape index (κ3) is 4.31. The molecule has 136 valence electrons. The van der Waals surface area contributed by atoms with Crippen LogP contribution in [0.4, 0.5) is 18.9 Å². The first kappa shape index (κ1) is 17.7. The second-order valence-electron chi connectivity index (χ2n) is 6.25. The first-order chi connectivity index (χ1) is 11.8. The van der Waals surface area contributed by atoms with Crippen LogP contribution in [0.3, 0.4) is 0 Å². The lowest BCUT2D eigenvalue weighted by Crippen LogP contribution is -2.31. The van der Waals surface area contributed by atoms with Crippen molar-refractivity contribution >= 4 is 22.6 Å². The van der Waals surface area contributed by atoms with Crippen LogP contribution in [0.5, 0.6) is 0 Å². The molecule has 25 heavy (non-hydrogen) atoms. The number of aromatic nitrogens is 2. The van der Waals surface area contributed by atoms with E-state index in [0.29, 0.717) is 5.69 Å². The third-order valence-corrected chi connectivity index (χ3v) is 4.24. The van der Waals surface area contributed by atoms with E-state index >= 15 is 0 Å². The van der Waals surface area contributed by atoms with E-state index in [1.807, 2.05) is 6.07 Å². The number of anilines is 1. The fourth-order valence-corrected chi connectivity index (χ4v) is 2.97. The van der Waals surface area contributed by atoms with E-state index in [9.17, 15) is 18.0 Å². The Balaban J connectivity index is 1.71. The highest BCUT2D eigenvalue weighted by Gasteiger charge is 2.30. The molecule has 3 rings (SSSR count). The van der Waals surface area contributed by atoms with Crippen molar-refractivity contribution in [1.82, 2.24) is 9.55 Å². The van der Waals surface area contributed by atoms with Gasteiger partial charge in [-0.15, -0.1) is 0 Å². The number of ether oxygens (including phenoxy) is 1. The molecule has 0 spiro atoms. The van der Waals surface area contributed by atoms with Crippen molar-refractivity contribution in [2.45, 2.75) is 51.4 Å². The predicted octanol–water partition coefficient (Wildman–Crippen LogP) is 3.67. The first-order valence-corrected chi connectivity index (χ1v) is 8.32. The summed E-state index contributed by atoms with van der Waals surface area (Å²) >= 11 is 0. The Kier molecular flexibility index (Phi) is 4.99. The van der Waals surface area contributed by atoms with Crippen LogP contribution in [-0.4, -0.2) is 34.3 Å². The number of carbonyl (C=O) groups excluding carboxylic acids is 1. The molecule has 1 amide bonds. The lowest BCUT2D eigenvalue weighted by Gasteiger charge is -2.14. The zero-order chi connectivity index (χ0) is 18.0. The van der Waals surface area contributed by atoms with Crippen LogP contribution in [0.25, 0.3) is 11.0 Å². The van der Waals surface area contributed by atoms with Gasteiger partial charge in [-0.2, -0.15) is 13.2 Å². The number of imidazole rings is 1. The molecule has 0 fully saturated rings. The summed E-state index contributed by atoms with van der Waals surface area (Å²) in [6.07, 6.45) is -1.31. The van der Waals surface area contributed by atoms with E-state index in [-0.39, 0.29) is 0 Å². The number of amides is 1. The molecule has 0 bridgehead atoms. The highest BCUT2D eigenvalue weighted by Crippen LogP contribution is 2.24. The lowest BCUT2D eigenvalue weighted by atomic mass is 10.2. The molecule has 0 saturated heterocycles. The van der Waals surface area contributed by atoms with Crippen LogP contribution in [0.15, 0.2) is 18.2 Å². The zero-order valence-electron chi connectivity index (χ0n) is 13.9. The second kappa shape index (κ2) is 7.03. The van der Waals surface area contributed by atoms with E-state index in [4.69, 9.17) is 0 Å². The van der Waals surface area contributed by atoms with Gasteiger partial charge >= 0.3 is 6.18 Å². The Morgan fingerprint density at radius 3 is 2.92 bits per heavy atom. The van der Waals surface area contributed by atoms with Gasteiger partial charge in [-0.05, 0) is 38.0 Å². The molecule has 1 aromatic carbocycles. The van der Waals surface area contributed by atoms with E-state index in [1.54, 1.807) is 12.1 Å². The normalized spacial score (nSPS) is 16.3. The average molecular weight is 355 g/mol. The summed E-state index contributed by atoms with van der Waals surface area (Å²) in [5.41, 5.74) is 2.28. The summed E-state index contributed by atoms with van der Waals surface area (Å²) in [4.78, 5) is 16.6. The number of benzene rings is 1. The zero-order valence-corrected chi connectivity index (χ0v) is 13.9. The van der Waals surface area contributed by atoms with Gasteiger partial charge < -0.3 is 14.6 Å². The molecule has 2 aromatic rings. The summed E-state index contributed by atoms with van der Waals surface area (Å²) in [5.74, 6) is 0.419. The van der Waals surface area contributed by atoms with E-state index in [1.165, 1.54) is 13.3 Å². The van der Waals surface area contributed by atoms with Gasteiger partial charge in [0.2, 0.25) is 0 Å². The number of halogens is 3. The van der Waals surface area contributed by atoms with Gasteiger partial charge in [-0.1, -0.05) is 6.42 Å². The number of fused-ring (bicyclic) bond motifs is 3. The molecule has 1 aromatic heterocycles. The molecule has 0 saturated carbocycles. The number of rotatable bonds is 4. The minimum Gasteiger partial charge on any atom is -0.359 e. The monoisotopic (exact) mass is 355 g/mol. The van der Waals surface area contributed by atoms with Crippen molar-refractivity contribution in [2.24, 2.45) is 0 Å². The van der Waals surface area contributed by atoms with Crippen LogP contribution >= 0.6 is 0 Å². The van der Waals surface area contributed by atoms with Crippen LogP contribution < -0.4 is 5.32 Å². The quantitative estimate of drug-likeness (QED) is 0.910. The summed E-state index contributed by atoms with van der Waals surface area (Å²) in [6, 6.07) is 5.36. The maximum Gasteiger partial charge on any atom is 0.411 e. The lowest BCUT2D eigenvalue weighted by molar-refractivity contribution is -0.184. The van der Waals surface area contributed by atoms with E-state index in [2.05, 4.69) is 19.6 Å². The van der Waals surface area contributed by atoms with Crippen molar-refractivity contribution < 1.29 is 22.7 Å². The topological polar surface area (TPSA) is 56.1 Å². The number of carbonyl (C=O) groups is 1. The van der Waals surface area contributed by atoms with Gasteiger partial charge in [0.05, 0.1) is 11.0 Å². The van der Waals surface area contributed by atoms with Gasteiger partial charge in [-0.3, -0.25) is 4.79 Å². The van der Waals surface area contributed by atoms with Crippen molar-refractivity contribution in [3.8, 4) is 0 Å². The van der Waals surface area contributed by atoms with Gasteiger partial charge in [-0.25, -0.2) is 4.98 Å². The minimum atomic E-state index is -4.46. The van der Waals surface area contributed by atoms with Gasteiger partial charge in [0.1, 0.15) is 18.5 Å². The summed E-state index contributed by atoms with van der Waals surface area (Å²) in [7, 11) is 0. The molecule has 8 heteroatoms. The molecular formula is C17H20F3N3O2. The number of hydrogen-bond donors (Lipinski definition) is 1. The van der Waals surface area contributed by atoms with Gasteiger partial charge in [0.25, 0.3) is 5.91 Å². The standard InChI is InChI=1S/C17H20F3N3O2/c1-11(25-10-17(18,19)20)16(24)21-12-6-7-14-13(9-12)22-15-5-3-2-4-8-23(14)15/h6-7,9,11H,2-5,8,10H2,1H3,(H,21,24)/t11-/m0/s1. The third-order valence-electron chi connectivity index (χ3n) is 4.24. The molecule has 5 nitrogen and oxygen atoms in total. The molecule has 1 aliphatic rings. The number of hydrogen-bond acceptors (Lipinski definition) is 3. The molecule has 0 unspecified atom stereocenters. The number of aryl methyl sites for hydroxylation is 2. The molecule has 1 atom stereocenters. The summed E-state index contributed by atoms with van der Waals surface area (Å²) in [6.45, 7) is 0.771. The minimum absolute atomic E-state index is 0.494.